The summed E-state index contributed by atoms with van der Waals surface area (Å²) in [5.74, 6) is 0. The fraction of sp³-hybridized carbons (Fsp3) is 0.200. The Labute approximate surface area is 209 Å². The molecule has 0 radical (unpaired) electrons. The maximum absolute atomic E-state index is 8.57. The summed E-state index contributed by atoms with van der Waals surface area (Å²) in [5, 5.41) is 2.94. The molecule has 3 aromatic carbocycles. The SMILES string of the molecule is [2H]c1c([2H])c([2H])c(-c2c([N+]#[C-])ccc3c2oc2c(-c4ccc([Si](C)(C)C)c(C)[n+]4C)c(C)ccc23)c([2H])c1[2H]. The highest BCUT2D eigenvalue weighted by Crippen LogP contribution is 2.44. The van der Waals surface area contributed by atoms with Crippen LogP contribution in [0.25, 0.3) is 49.2 Å². The molecule has 5 aromatic rings. The highest BCUT2D eigenvalue weighted by Gasteiger charge is 2.28. The molecule has 0 bridgehead atoms. The summed E-state index contributed by atoms with van der Waals surface area (Å²) < 4.78 is 50.3. The van der Waals surface area contributed by atoms with Crippen LogP contribution in [0.15, 0.2) is 71.0 Å². The Morgan fingerprint density at radius 3 is 2.18 bits per heavy atom. The zero-order chi connectivity index (χ0) is 28.5. The van der Waals surface area contributed by atoms with Crippen molar-refractivity contribution in [3.63, 3.8) is 0 Å². The summed E-state index contributed by atoms with van der Waals surface area (Å²) >= 11 is 0. The Balaban J connectivity index is 1.92. The quantitative estimate of drug-likeness (QED) is 0.154. The van der Waals surface area contributed by atoms with Gasteiger partial charge in [-0.1, -0.05) is 80.2 Å². The highest BCUT2D eigenvalue weighted by atomic mass is 28.3. The Hall–Kier alpha value is -3.68. The largest absolute Gasteiger partial charge is 0.456 e. The number of aryl methyl sites for hydroxylation is 1. The summed E-state index contributed by atoms with van der Waals surface area (Å²) in [6.45, 7) is 19.0. The molecule has 3 nitrogen and oxygen atoms in total. The Morgan fingerprint density at radius 2 is 1.53 bits per heavy atom. The molecule has 4 heteroatoms. The zero-order valence-corrected chi connectivity index (χ0v) is 21.3. The smallest absolute Gasteiger partial charge is 0.216 e. The number of hydrogen-bond donors (Lipinski definition) is 0. The van der Waals surface area contributed by atoms with Gasteiger partial charge in [-0.3, -0.25) is 0 Å². The molecular weight excluding hydrogens is 432 g/mol. The Kier molecular flexibility index (Phi) is 3.95. The van der Waals surface area contributed by atoms with E-state index in [1.54, 1.807) is 6.07 Å². The van der Waals surface area contributed by atoms with E-state index in [2.05, 4.69) is 55.2 Å². The van der Waals surface area contributed by atoms with Crippen molar-refractivity contribution >= 4 is 40.9 Å². The van der Waals surface area contributed by atoms with Gasteiger partial charge in [-0.05, 0) is 18.1 Å². The average Bonchev–Trinajstić information content (AvgIpc) is 3.26. The van der Waals surface area contributed by atoms with E-state index in [1.165, 1.54) is 10.9 Å². The normalized spacial score (nSPS) is 13.9. The van der Waals surface area contributed by atoms with Gasteiger partial charge in [-0.15, -0.1) is 0 Å². The third kappa shape index (κ3) is 3.36. The first kappa shape index (κ1) is 16.9. The monoisotopic (exact) mass is 466 g/mol. The first-order chi connectivity index (χ1) is 18.3. The van der Waals surface area contributed by atoms with Gasteiger partial charge in [0, 0.05) is 34.5 Å². The summed E-state index contributed by atoms with van der Waals surface area (Å²) in [6.07, 6.45) is 0. The van der Waals surface area contributed by atoms with Crippen LogP contribution in [0.2, 0.25) is 19.6 Å². The summed E-state index contributed by atoms with van der Waals surface area (Å²) in [7, 11) is 0.501. The van der Waals surface area contributed by atoms with Crippen LogP contribution in [0.5, 0.6) is 0 Å². The lowest BCUT2D eigenvalue weighted by Gasteiger charge is -2.18. The molecule has 5 rings (SSSR count). The summed E-state index contributed by atoms with van der Waals surface area (Å²) in [5.41, 5.74) is 5.46. The minimum atomic E-state index is -1.56. The van der Waals surface area contributed by atoms with Crippen molar-refractivity contribution in [1.29, 1.82) is 0 Å². The van der Waals surface area contributed by atoms with Crippen LogP contribution in [0.3, 0.4) is 0 Å². The molecule has 34 heavy (non-hydrogen) atoms. The van der Waals surface area contributed by atoms with Crippen LogP contribution in [-0.2, 0) is 7.05 Å². The molecule has 0 aliphatic heterocycles. The van der Waals surface area contributed by atoms with E-state index < -0.39 is 26.2 Å². The molecule has 0 aliphatic carbocycles. The second kappa shape index (κ2) is 7.97. The average molecular weight is 467 g/mol. The first-order valence-corrected chi connectivity index (χ1v) is 14.7. The van der Waals surface area contributed by atoms with Crippen molar-refractivity contribution in [2.75, 3.05) is 0 Å². The van der Waals surface area contributed by atoms with Crippen molar-refractivity contribution in [2.45, 2.75) is 33.5 Å². The Morgan fingerprint density at radius 1 is 0.882 bits per heavy atom. The lowest BCUT2D eigenvalue weighted by Crippen LogP contribution is -2.49. The molecule has 0 fully saturated rings. The highest BCUT2D eigenvalue weighted by molar-refractivity contribution is 6.88. The summed E-state index contributed by atoms with van der Waals surface area (Å²) in [6, 6.07) is 9.72. The second-order valence-corrected chi connectivity index (χ2v) is 14.7. The van der Waals surface area contributed by atoms with Crippen molar-refractivity contribution in [2.24, 2.45) is 7.05 Å². The number of hydrogen-bond acceptors (Lipinski definition) is 1. The molecule has 2 heterocycles. The molecule has 0 amide bonds. The van der Waals surface area contributed by atoms with Crippen LogP contribution in [0, 0.1) is 20.4 Å². The Bertz CT molecular complexity index is 1870. The molecule has 168 valence electrons. The van der Waals surface area contributed by atoms with Gasteiger partial charge < -0.3 is 4.42 Å². The fourth-order valence-electron chi connectivity index (χ4n) is 4.82. The van der Waals surface area contributed by atoms with E-state index in [0.29, 0.717) is 11.2 Å². The minimum absolute atomic E-state index is 0.0317. The van der Waals surface area contributed by atoms with Crippen LogP contribution in [0.1, 0.15) is 18.1 Å². The van der Waals surface area contributed by atoms with Gasteiger partial charge in [0.25, 0.3) is 0 Å². The number of furan rings is 1. The lowest BCUT2D eigenvalue weighted by atomic mass is 9.98. The third-order valence-electron chi connectivity index (χ3n) is 6.59. The molecule has 0 saturated carbocycles. The number of aromatic nitrogens is 1. The molecular formula is C30H29N2OSi+. The topological polar surface area (TPSA) is 21.4 Å². The number of nitrogens with zero attached hydrogens (tertiary/aromatic N) is 2. The van der Waals surface area contributed by atoms with Gasteiger partial charge >= 0.3 is 0 Å². The minimum Gasteiger partial charge on any atom is -0.456 e. The van der Waals surface area contributed by atoms with E-state index in [0.717, 1.165) is 27.6 Å². The molecule has 0 atom stereocenters. The van der Waals surface area contributed by atoms with Crippen LogP contribution in [-0.4, -0.2) is 8.07 Å². The fourth-order valence-corrected chi connectivity index (χ4v) is 6.66. The number of rotatable bonds is 3. The molecule has 0 saturated heterocycles. The molecule has 0 spiro atoms. The second-order valence-electron chi connectivity index (χ2n) is 9.71. The van der Waals surface area contributed by atoms with E-state index in [-0.39, 0.29) is 28.9 Å². The number of fused-ring (bicyclic) bond motifs is 3. The molecule has 0 aliphatic rings. The van der Waals surface area contributed by atoms with Crippen LogP contribution < -0.4 is 9.75 Å². The van der Waals surface area contributed by atoms with Gasteiger partial charge in [0.05, 0.1) is 27.1 Å². The van der Waals surface area contributed by atoms with Crippen molar-refractivity contribution < 1.29 is 15.8 Å². The molecule has 2 aromatic heterocycles. The standard InChI is InChI=1S/C30H29N2OSi/c1-19-13-14-22-23-15-16-24(31-3)28(21-11-9-8-10-12-21)30(23)33-29(22)27(19)25-17-18-26(34(5,6)7)20(2)32(25)4/h8-18H,1-2,4-7H3/q+1/i8D,9D,10D,11D,12D. The summed E-state index contributed by atoms with van der Waals surface area (Å²) in [4.78, 5) is 3.64. The number of pyridine rings is 1. The van der Waals surface area contributed by atoms with E-state index in [1.807, 2.05) is 25.1 Å². The van der Waals surface area contributed by atoms with Gasteiger partial charge in [0.1, 0.15) is 18.2 Å². The van der Waals surface area contributed by atoms with Gasteiger partial charge in [-0.25, -0.2) is 4.85 Å². The van der Waals surface area contributed by atoms with Gasteiger partial charge in [0.15, 0.2) is 11.4 Å². The van der Waals surface area contributed by atoms with Crippen molar-refractivity contribution in [3.05, 3.63) is 89.3 Å². The van der Waals surface area contributed by atoms with Crippen LogP contribution in [0.4, 0.5) is 5.69 Å². The maximum atomic E-state index is 8.57. The maximum Gasteiger partial charge on any atom is 0.216 e. The third-order valence-corrected chi connectivity index (χ3v) is 8.74. The van der Waals surface area contributed by atoms with Crippen molar-refractivity contribution in [1.82, 2.24) is 0 Å². The van der Waals surface area contributed by atoms with E-state index in [9.17, 15) is 0 Å². The van der Waals surface area contributed by atoms with Gasteiger partial charge in [0.2, 0.25) is 5.69 Å². The van der Waals surface area contributed by atoms with E-state index >= 15 is 0 Å². The van der Waals surface area contributed by atoms with Crippen LogP contribution >= 0.6 is 0 Å². The molecule has 0 N–H and O–H groups in total. The van der Waals surface area contributed by atoms with Gasteiger partial charge in [-0.2, -0.15) is 4.57 Å². The predicted molar refractivity (Wildman–Crippen MR) is 144 cm³/mol. The predicted octanol–water partition coefficient (Wildman–Crippen LogP) is 7.46. The molecule has 0 unspecified atom stereocenters. The van der Waals surface area contributed by atoms with E-state index in [4.69, 9.17) is 17.8 Å². The van der Waals surface area contributed by atoms with Crippen molar-refractivity contribution in [3.8, 4) is 22.4 Å². The number of benzene rings is 3. The first-order valence-electron chi connectivity index (χ1n) is 13.7. The zero-order valence-electron chi connectivity index (χ0n) is 25.3. The lowest BCUT2D eigenvalue weighted by molar-refractivity contribution is -0.665.